The summed E-state index contributed by atoms with van der Waals surface area (Å²) in [6, 6.07) is 4.12. The second-order valence-electron chi connectivity index (χ2n) is 4.88. The van der Waals surface area contributed by atoms with Gasteiger partial charge >= 0.3 is 0 Å². The first kappa shape index (κ1) is 12.2. The van der Waals surface area contributed by atoms with E-state index in [1.807, 2.05) is 18.4 Å². The maximum Gasteiger partial charge on any atom is 0.157 e. The lowest BCUT2D eigenvalue weighted by molar-refractivity contribution is 0.122. The molecular formula is C14H18N4O. The Balaban J connectivity index is 2.15. The molecule has 1 saturated heterocycles. The topological polar surface area (TPSA) is 42.7 Å². The number of morpholine rings is 1. The highest BCUT2D eigenvalue weighted by Gasteiger charge is 2.18. The quantitative estimate of drug-likeness (QED) is 0.825. The molecule has 0 spiro atoms. The standard InChI is InChI=1S/C14H18N4O/c1-10(2)12-4-5-13-14(15-11(3)16-18(12)13)17-6-8-19-9-7-17/h4-5H,1,6-9H2,2-3H3. The Morgan fingerprint density at radius 1 is 1.32 bits per heavy atom. The van der Waals surface area contributed by atoms with Gasteiger partial charge in [0.05, 0.1) is 18.9 Å². The van der Waals surface area contributed by atoms with Crippen LogP contribution in [0.25, 0.3) is 11.1 Å². The summed E-state index contributed by atoms with van der Waals surface area (Å²) in [6.07, 6.45) is 0. The van der Waals surface area contributed by atoms with Crippen LogP contribution in [0.2, 0.25) is 0 Å². The average Bonchev–Trinajstić information content (AvgIpc) is 2.82. The summed E-state index contributed by atoms with van der Waals surface area (Å²) in [5, 5.41) is 4.50. The number of ether oxygens (including phenoxy) is 1. The van der Waals surface area contributed by atoms with E-state index >= 15 is 0 Å². The predicted octanol–water partition coefficient (Wildman–Crippen LogP) is 1.91. The molecule has 1 aliphatic rings. The largest absolute Gasteiger partial charge is 0.378 e. The van der Waals surface area contributed by atoms with Crippen LogP contribution in [0.4, 0.5) is 5.82 Å². The van der Waals surface area contributed by atoms with Crippen molar-refractivity contribution in [3.05, 3.63) is 30.2 Å². The maximum atomic E-state index is 5.40. The fraction of sp³-hybridized carbons (Fsp3) is 0.429. The van der Waals surface area contributed by atoms with Crippen molar-refractivity contribution in [1.29, 1.82) is 0 Å². The lowest BCUT2D eigenvalue weighted by atomic mass is 10.2. The Morgan fingerprint density at radius 2 is 2.05 bits per heavy atom. The van der Waals surface area contributed by atoms with Crippen LogP contribution in [0.3, 0.4) is 0 Å². The molecule has 0 atom stereocenters. The van der Waals surface area contributed by atoms with E-state index in [0.29, 0.717) is 0 Å². The van der Waals surface area contributed by atoms with Gasteiger partial charge in [-0.1, -0.05) is 6.58 Å². The zero-order chi connectivity index (χ0) is 13.4. The van der Waals surface area contributed by atoms with Gasteiger partial charge in [-0.3, -0.25) is 0 Å². The van der Waals surface area contributed by atoms with E-state index in [2.05, 4.69) is 33.7 Å². The van der Waals surface area contributed by atoms with Crippen LogP contribution < -0.4 is 4.90 Å². The molecule has 0 unspecified atom stereocenters. The molecular weight excluding hydrogens is 240 g/mol. The van der Waals surface area contributed by atoms with Crippen molar-refractivity contribution in [2.24, 2.45) is 0 Å². The van der Waals surface area contributed by atoms with Crippen molar-refractivity contribution in [3.63, 3.8) is 0 Å². The predicted molar refractivity (Wildman–Crippen MR) is 75.5 cm³/mol. The van der Waals surface area contributed by atoms with Crippen LogP contribution in [0.5, 0.6) is 0 Å². The third kappa shape index (κ3) is 2.10. The number of hydrogen-bond acceptors (Lipinski definition) is 4. The van der Waals surface area contributed by atoms with Crippen LogP contribution in [-0.4, -0.2) is 40.9 Å². The fourth-order valence-corrected chi connectivity index (χ4v) is 2.41. The van der Waals surface area contributed by atoms with Gasteiger partial charge in [0.1, 0.15) is 11.3 Å². The zero-order valence-corrected chi connectivity index (χ0v) is 11.4. The number of anilines is 1. The monoisotopic (exact) mass is 258 g/mol. The molecule has 1 fully saturated rings. The third-order valence-corrected chi connectivity index (χ3v) is 3.34. The minimum Gasteiger partial charge on any atom is -0.378 e. The van der Waals surface area contributed by atoms with Gasteiger partial charge in [-0.2, -0.15) is 5.10 Å². The minimum absolute atomic E-state index is 0.753. The third-order valence-electron chi connectivity index (χ3n) is 3.34. The summed E-state index contributed by atoms with van der Waals surface area (Å²) < 4.78 is 7.34. The molecule has 0 radical (unpaired) electrons. The van der Waals surface area contributed by atoms with Gasteiger partial charge < -0.3 is 9.64 Å². The zero-order valence-electron chi connectivity index (χ0n) is 11.4. The van der Waals surface area contributed by atoms with E-state index in [9.17, 15) is 0 Å². The Kier molecular flexibility index (Phi) is 2.98. The first-order valence-electron chi connectivity index (χ1n) is 6.52. The second-order valence-corrected chi connectivity index (χ2v) is 4.88. The molecule has 0 aromatic carbocycles. The molecule has 2 aromatic heterocycles. The molecule has 0 saturated carbocycles. The molecule has 0 amide bonds. The molecule has 5 heteroatoms. The minimum atomic E-state index is 0.753. The van der Waals surface area contributed by atoms with Crippen LogP contribution >= 0.6 is 0 Å². The van der Waals surface area contributed by atoms with Crippen molar-refractivity contribution in [3.8, 4) is 0 Å². The molecule has 3 rings (SSSR count). The van der Waals surface area contributed by atoms with E-state index < -0.39 is 0 Å². The SMILES string of the molecule is C=C(C)c1ccc2c(N3CCOCC3)nc(C)nn12. The first-order chi connectivity index (χ1) is 9.16. The van der Waals surface area contributed by atoms with E-state index in [0.717, 1.165) is 54.7 Å². The van der Waals surface area contributed by atoms with Crippen molar-refractivity contribution >= 4 is 16.9 Å². The van der Waals surface area contributed by atoms with Gasteiger partial charge in [0.15, 0.2) is 5.82 Å². The number of hydrogen-bond donors (Lipinski definition) is 0. The average molecular weight is 258 g/mol. The summed E-state index contributed by atoms with van der Waals surface area (Å²) in [5.41, 5.74) is 3.08. The van der Waals surface area contributed by atoms with E-state index in [1.165, 1.54) is 0 Å². The molecule has 3 heterocycles. The Labute approximate surface area is 112 Å². The molecule has 0 bridgehead atoms. The number of aromatic nitrogens is 3. The highest BCUT2D eigenvalue weighted by molar-refractivity contribution is 5.74. The summed E-state index contributed by atoms with van der Waals surface area (Å²) in [6.45, 7) is 11.2. The van der Waals surface area contributed by atoms with Crippen molar-refractivity contribution < 1.29 is 4.74 Å². The summed E-state index contributed by atoms with van der Waals surface area (Å²) in [7, 11) is 0. The smallest absolute Gasteiger partial charge is 0.157 e. The molecule has 0 N–H and O–H groups in total. The van der Waals surface area contributed by atoms with Gasteiger partial charge in [0.2, 0.25) is 0 Å². The van der Waals surface area contributed by atoms with Gasteiger partial charge in [-0.05, 0) is 31.6 Å². The van der Waals surface area contributed by atoms with E-state index in [-0.39, 0.29) is 0 Å². The molecule has 2 aromatic rings. The first-order valence-corrected chi connectivity index (χ1v) is 6.52. The van der Waals surface area contributed by atoms with Gasteiger partial charge in [-0.15, -0.1) is 0 Å². The van der Waals surface area contributed by atoms with Crippen LogP contribution in [0.15, 0.2) is 18.7 Å². The lowest BCUT2D eigenvalue weighted by Gasteiger charge is -2.28. The maximum absolute atomic E-state index is 5.40. The van der Waals surface area contributed by atoms with Crippen LogP contribution in [-0.2, 0) is 4.74 Å². The van der Waals surface area contributed by atoms with Crippen LogP contribution in [0, 0.1) is 6.92 Å². The van der Waals surface area contributed by atoms with Gasteiger partial charge in [0, 0.05) is 13.1 Å². The summed E-state index contributed by atoms with van der Waals surface area (Å²) in [5.74, 6) is 1.76. The van der Waals surface area contributed by atoms with Crippen LogP contribution in [0.1, 0.15) is 18.4 Å². The summed E-state index contributed by atoms with van der Waals surface area (Å²) in [4.78, 5) is 6.87. The Hall–Kier alpha value is -1.88. The van der Waals surface area contributed by atoms with Gasteiger partial charge in [-0.25, -0.2) is 9.50 Å². The van der Waals surface area contributed by atoms with Crippen molar-refractivity contribution in [2.75, 3.05) is 31.2 Å². The highest BCUT2D eigenvalue weighted by atomic mass is 16.5. The number of aryl methyl sites for hydroxylation is 1. The number of nitrogens with zero attached hydrogens (tertiary/aromatic N) is 4. The number of rotatable bonds is 2. The van der Waals surface area contributed by atoms with Gasteiger partial charge in [0.25, 0.3) is 0 Å². The van der Waals surface area contributed by atoms with Crippen molar-refractivity contribution in [2.45, 2.75) is 13.8 Å². The van der Waals surface area contributed by atoms with Crippen molar-refractivity contribution in [1.82, 2.24) is 14.6 Å². The highest BCUT2D eigenvalue weighted by Crippen LogP contribution is 2.24. The summed E-state index contributed by atoms with van der Waals surface area (Å²) >= 11 is 0. The molecule has 0 aliphatic carbocycles. The molecule has 5 nitrogen and oxygen atoms in total. The molecule has 19 heavy (non-hydrogen) atoms. The lowest BCUT2D eigenvalue weighted by Crippen LogP contribution is -2.37. The number of fused-ring (bicyclic) bond motifs is 1. The normalized spacial score (nSPS) is 16.0. The van der Waals surface area contributed by atoms with E-state index in [4.69, 9.17) is 4.74 Å². The Bertz CT molecular complexity index is 626. The number of allylic oxidation sites excluding steroid dienone is 1. The Morgan fingerprint density at radius 3 is 2.74 bits per heavy atom. The van der Waals surface area contributed by atoms with E-state index in [1.54, 1.807) is 0 Å². The second kappa shape index (κ2) is 4.66. The fourth-order valence-electron chi connectivity index (χ4n) is 2.41. The molecule has 1 aliphatic heterocycles. The molecule has 100 valence electrons.